The maximum absolute atomic E-state index is 12.5. The lowest BCUT2D eigenvalue weighted by Gasteiger charge is -2.34. The van der Waals surface area contributed by atoms with Crippen LogP contribution in [0.4, 0.5) is 0 Å². The Morgan fingerprint density at radius 1 is 1.47 bits per heavy atom. The lowest BCUT2D eigenvalue weighted by atomic mass is 9.92. The second kappa shape index (κ2) is 6.12. The largest absolute Gasteiger partial charge is 0.338 e. The van der Waals surface area contributed by atoms with Gasteiger partial charge in [-0.25, -0.2) is 0 Å². The average Bonchev–Trinajstić information content (AvgIpc) is 2.41. The number of rotatable bonds is 2. The summed E-state index contributed by atoms with van der Waals surface area (Å²) < 4.78 is 0. The molecule has 0 spiro atoms. The molecule has 1 aromatic carbocycles. The Bertz CT molecular complexity index is 477. The maximum Gasteiger partial charge on any atom is 0.255 e. The third kappa shape index (κ3) is 3.22. The van der Waals surface area contributed by atoms with Crippen LogP contribution in [0.3, 0.4) is 0 Å². The van der Waals surface area contributed by atoms with Gasteiger partial charge in [0.1, 0.15) is 0 Å². The molecular weight excluding hydrogens is 283 g/mol. The summed E-state index contributed by atoms with van der Waals surface area (Å²) in [6.45, 7) is 3.44. The van der Waals surface area contributed by atoms with Gasteiger partial charge < -0.3 is 10.6 Å². The summed E-state index contributed by atoms with van der Waals surface area (Å²) in [4.78, 5) is 14.3. The number of carbonyl (C=O) groups is 1. The molecule has 2 atom stereocenters. The minimum Gasteiger partial charge on any atom is -0.338 e. The predicted molar refractivity (Wildman–Crippen MR) is 78.7 cm³/mol. The lowest BCUT2D eigenvalue weighted by Crippen LogP contribution is -2.45. The van der Waals surface area contributed by atoms with Crippen molar-refractivity contribution in [1.29, 1.82) is 0 Å². The zero-order valence-electron chi connectivity index (χ0n) is 10.9. The number of likely N-dealkylation sites (tertiary alicyclic amines) is 1. The van der Waals surface area contributed by atoms with Gasteiger partial charge in [0.2, 0.25) is 0 Å². The molecule has 3 nitrogen and oxygen atoms in total. The standard InChI is InChI=1S/C14H18Cl2N2O/c1-9(17)10-4-3-7-18(8-10)14(19)11-5-2-6-12(15)13(11)16/h2,5-6,9-10H,3-4,7-8,17H2,1H3/t9-,10+/m1/s1. The van der Waals surface area contributed by atoms with E-state index in [4.69, 9.17) is 28.9 Å². The van der Waals surface area contributed by atoms with Crippen molar-refractivity contribution in [3.8, 4) is 0 Å². The summed E-state index contributed by atoms with van der Waals surface area (Å²) >= 11 is 12.1. The first-order valence-electron chi connectivity index (χ1n) is 6.49. The molecule has 1 saturated heterocycles. The van der Waals surface area contributed by atoms with E-state index >= 15 is 0 Å². The Balaban J connectivity index is 2.17. The Kier molecular flexibility index (Phi) is 4.71. The van der Waals surface area contributed by atoms with E-state index < -0.39 is 0 Å². The Morgan fingerprint density at radius 3 is 2.89 bits per heavy atom. The molecule has 0 radical (unpaired) electrons. The van der Waals surface area contributed by atoms with Crippen LogP contribution in [0.5, 0.6) is 0 Å². The van der Waals surface area contributed by atoms with E-state index in [1.165, 1.54) is 0 Å². The molecule has 0 saturated carbocycles. The molecule has 104 valence electrons. The maximum atomic E-state index is 12.5. The van der Waals surface area contributed by atoms with Crippen molar-refractivity contribution < 1.29 is 4.79 Å². The molecule has 19 heavy (non-hydrogen) atoms. The number of piperidine rings is 1. The van der Waals surface area contributed by atoms with Gasteiger partial charge in [0, 0.05) is 19.1 Å². The summed E-state index contributed by atoms with van der Waals surface area (Å²) in [6, 6.07) is 5.24. The summed E-state index contributed by atoms with van der Waals surface area (Å²) in [7, 11) is 0. The van der Waals surface area contributed by atoms with E-state index in [1.54, 1.807) is 18.2 Å². The van der Waals surface area contributed by atoms with Crippen molar-refractivity contribution in [3.05, 3.63) is 33.8 Å². The van der Waals surface area contributed by atoms with Gasteiger partial charge in [-0.1, -0.05) is 29.3 Å². The number of halogens is 2. The highest BCUT2D eigenvalue weighted by molar-refractivity contribution is 6.43. The summed E-state index contributed by atoms with van der Waals surface area (Å²) in [5, 5.41) is 0.741. The predicted octanol–water partition coefficient (Wildman–Crippen LogP) is 3.19. The van der Waals surface area contributed by atoms with Crippen LogP contribution in [-0.2, 0) is 0 Å². The molecule has 1 aromatic rings. The van der Waals surface area contributed by atoms with Crippen LogP contribution in [0.25, 0.3) is 0 Å². The van der Waals surface area contributed by atoms with Crippen molar-refractivity contribution in [2.75, 3.05) is 13.1 Å². The Labute approximate surface area is 123 Å². The van der Waals surface area contributed by atoms with E-state index in [0.29, 0.717) is 28.1 Å². The van der Waals surface area contributed by atoms with Crippen LogP contribution in [0.15, 0.2) is 18.2 Å². The van der Waals surface area contributed by atoms with Crippen molar-refractivity contribution in [2.24, 2.45) is 11.7 Å². The zero-order chi connectivity index (χ0) is 14.0. The molecule has 1 heterocycles. The van der Waals surface area contributed by atoms with Crippen molar-refractivity contribution in [2.45, 2.75) is 25.8 Å². The van der Waals surface area contributed by atoms with Gasteiger partial charge >= 0.3 is 0 Å². The molecule has 1 aliphatic rings. The highest BCUT2D eigenvalue weighted by Crippen LogP contribution is 2.28. The van der Waals surface area contributed by atoms with Crippen molar-refractivity contribution in [1.82, 2.24) is 4.90 Å². The van der Waals surface area contributed by atoms with Crippen LogP contribution < -0.4 is 5.73 Å². The molecule has 1 aliphatic heterocycles. The highest BCUT2D eigenvalue weighted by Gasteiger charge is 2.27. The number of nitrogens with zero attached hydrogens (tertiary/aromatic N) is 1. The van der Waals surface area contributed by atoms with Crippen LogP contribution >= 0.6 is 23.2 Å². The van der Waals surface area contributed by atoms with Gasteiger partial charge in [0.25, 0.3) is 5.91 Å². The van der Waals surface area contributed by atoms with Crippen LogP contribution in [0, 0.1) is 5.92 Å². The van der Waals surface area contributed by atoms with Gasteiger partial charge in [0.05, 0.1) is 15.6 Å². The van der Waals surface area contributed by atoms with Crippen molar-refractivity contribution >= 4 is 29.1 Å². The third-order valence-electron chi connectivity index (χ3n) is 3.67. The van der Waals surface area contributed by atoms with Gasteiger partial charge in [-0.15, -0.1) is 0 Å². The average molecular weight is 301 g/mol. The summed E-state index contributed by atoms with van der Waals surface area (Å²) in [5.41, 5.74) is 6.41. The first-order chi connectivity index (χ1) is 9.00. The lowest BCUT2D eigenvalue weighted by molar-refractivity contribution is 0.0661. The fourth-order valence-electron chi connectivity index (χ4n) is 2.46. The first kappa shape index (κ1) is 14.6. The molecule has 5 heteroatoms. The van der Waals surface area contributed by atoms with E-state index in [1.807, 2.05) is 11.8 Å². The molecular formula is C14H18Cl2N2O. The normalized spacial score (nSPS) is 21.3. The summed E-state index contributed by atoms with van der Waals surface area (Å²) in [6.07, 6.45) is 2.06. The molecule has 1 fully saturated rings. The fourth-order valence-corrected chi connectivity index (χ4v) is 2.84. The van der Waals surface area contributed by atoms with E-state index in [2.05, 4.69) is 0 Å². The molecule has 2 N–H and O–H groups in total. The topological polar surface area (TPSA) is 46.3 Å². The van der Waals surface area contributed by atoms with E-state index in [0.717, 1.165) is 19.4 Å². The Morgan fingerprint density at radius 2 is 2.21 bits per heavy atom. The number of nitrogens with two attached hydrogens (primary N) is 1. The second-order valence-electron chi connectivity index (χ2n) is 5.11. The van der Waals surface area contributed by atoms with Gasteiger partial charge in [-0.3, -0.25) is 4.79 Å². The van der Waals surface area contributed by atoms with Crippen molar-refractivity contribution in [3.63, 3.8) is 0 Å². The monoisotopic (exact) mass is 300 g/mol. The van der Waals surface area contributed by atoms with Crippen LogP contribution in [-0.4, -0.2) is 29.9 Å². The number of carbonyl (C=O) groups excluding carboxylic acids is 1. The second-order valence-corrected chi connectivity index (χ2v) is 5.90. The molecule has 0 bridgehead atoms. The number of benzene rings is 1. The molecule has 2 rings (SSSR count). The van der Waals surface area contributed by atoms with E-state index in [9.17, 15) is 4.79 Å². The molecule has 0 unspecified atom stereocenters. The van der Waals surface area contributed by atoms with Gasteiger partial charge in [-0.2, -0.15) is 0 Å². The smallest absolute Gasteiger partial charge is 0.255 e. The number of hydrogen-bond acceptors (Lipinski definition) is 2. The minimum atomic E-state index is -0.0575. The highest BCUT2D eigenvalue weighted by atomic mass is 35.5. The molecule has 0 aromatic heterocycles. The van der Waals surface area contributed by atoms with Gasteiger partial charge in [0.15, 0.2) is 0 Å². The van der Waals surface area contributed by atoms with Gasteiger partial charge in [-0.05, 0) is 37.8 Å². The molecule has 1 amide bonds. The number of amides is 1. The molecule has 0 aliphatic carbocycles. The number of hydrogen-bond donors (Lipinski definition) is 1. The zero-order valence-corrected chi connectivity index (χ0v) is 12.4. The minimum absolute atomic E-state index is 0.0575. The van der Waals surface area contributed by atoms with E-state index in [-0.39, 0.29) is 11.9 Å². The Hall–Kier alpha value is -0.770. The van der Waals surface area contributed by atoms with Crippen LogP contribution in [0.1, 0.15) is 30.1 Å². The quantitative estimate of drug-likeness (QED) is 0.912. The third-order valence-corrected chi connectivity index (χ3v) is 4.49. The van der Waals surface area contributed by atoms with Crippen LogP contribution in [0.2, 0.25) is 10.0 Å². The SMILES string of the molecule is C[C@@H](N)[C@H]1CCCN(C(=O)c2cccc(Cl)c2Cl)C1. The summed E-state index contributed by atoms with van der Waals surface area (Å²) in [5.74, 6) is 0.300. The fraction of sp³-hybridized carbons (Fsp3) is 0.500. The first-order valence-corrected chi connectivity index (χ1v) is 7.25.